The van der Waals surface area contributed by atoms with Crippen molar-refractivity contribution in [1.82, 2.24) is 24.8 Å². The Morgan fingerprint density at radius 3 is 2.21 bits per heavy atom. The number of alkyl halides is 2. The molecule has 186 valence electrons. The second kappa shape index (κ2) is 14.4. The number of hydrogen-bond acceptors (Lipinski definition) is 5. The highest BCUT2D eigenvalue weighted by molar-refractivity contribution is 6.18. The molecule has 0 unspecified atom stereocenters. The number of carbonyl (C=O) groups excluding carboxylic acids is 2. The Bertz CT molecular complexity index is 872. The summed E-state index contributed by atoms with van der Waals surface area (Å²) in [6.45, 7) is 2.58. The van der Waals surface area contributed by atoms with Crippen LogP contribution in [0.15, 0.2) is 24.5 Å². The normalized spacial score (nSPS) is 10.9. The van der Waals surface area contributed by atoms with Crippen LogP contribution in [0.1, 0.15) is 27.4 Å². The maximum absolute atomic E-state index is 13.3. The Hall–Kier alpha value is -1.91. The molecule has 0 aliphatic rings. The molecule has 0 bridgehead atoms. The molecule has 0 aliphatic heterocycles. The zero-order chi connectivity index (χ0) is 23.7. The molecule has 2 heterocycles. The molecular weight excluding hydrogens is 489 g/mol. The minimum Gasteiger partial charge on any atom is -0.383 e. The Balaban J connectivity index is 0.00000544. The van der Waals surface area contributed by atoms with Gasteiger partial charge in [-0.1, -0.05) is 0 Å². The van der Waals surface area contributed by atoms with Crippen molar-refractivity contribution in [3.05, 3.63) is 35.9 Å². The fourth-order valence-electron chi connectivity index (χ4n) is 3.18. The zero-order valence-electron chi connectivity index (χ0n) is 19.5. The fraction of sp³-hybridized carbons (Fsp3) is 0.524. The van der Waals surface area contributed by atoms with Gasteiger partial charge in [0.1, 0.15) is 11.4 Å². The van der Waals surface area contributed by atoms with Crippen LogP contribution in [0.2, 0.25) is 0 Å². The predicted molar refractivity (Wildman–Crippen MR) is 138 cm³/mol. The Morgan fingerprint density at radius 2 is 1.58 bits per heavy atom. The number of nitrogens with zero attached hydrogens (tertiary/aromatic N) is 4. The molecule has 0 spiro atoms. The van der Waals surface area contributed by atoms with Crippen molar-refractivity contribution >= 4 is 58.8 Å². The maximum atomic E-state index is 13.3. The van der Waals surface area contributed by atoms with Gasteiger partial charge >= 0.3 is 0 Å². The van der Waals surface area contributed by atoms with Crippen LogP contribution in [0, 0.1) is 0 Å². The van der Waals surface area contributed by atoms with Crippen molar-refractivity contribution in [2.75, 3.05) is 76.5 Å². The van der Waals surface area contributed by atoms with Crippen molar-refractivity contribution in [2.24, 2.45) is 0 Å². The van der Waals surface area contributed by atoms with Crippen molar-refractivity contribution in [3.8, 4) is 0 Å². The van der Waals surface area contributed by atoms with Crippen LogP contribution in [0.5, 0.6) is 0 Å². The van der Waals surface area contributed by atoms with Crippen LogP contribution in [-0.4, -0.2) is 103 Å². The van der Waals surface area contributed by atoms with E-state index in [1.165, 1.54) is 5.01 Å². The Labute approximate surface area is 211 Å². The van der Waals surface area contributed by atoms with Crippen molar-refractivity contribution < 1.29 is 9.59 Å². The number of halogens is 3. The smallest absolute Gasteiger partial charge is 0.289 e. The molecule has 33 heavy (non-hydrogen) atoms. The first-order valence-corrected chi connectivity index (χ1v) is 11.5. The molecular formula is C21H34Cl3N7O2. The molecule has 2 aromatic rings. The van der Waals surface area contributed by atoms with E-state index in [9.17, 15) is 9.59 Å². The average Bonchev–Trinajstić information content (AvgIpc) is 3.41. The Kier molecular flexibility index (Phi) is 12.7. The maximum Gasteiger partial charge on any atom is 0.289 e. The minimum absolute atomic E-state index is 0. The van der Waals surface area contributed by atoms with E-state index < -0.39 is 0 Å². The van der Waals surface area contributed by atoms with Gasteiger partial charge < -0.3 is 25.1 Å². The SMILES string of the molecule is CN(C)CCCN(C)C(=O)c1cc(N(C(=O)c2cc(NCCCl)c[nH]2)N(C)CCCl)c[nH]1.Cl. The molecule has 2 amide bonds. The summed E-state index contributed by atoms with van der Waals surface area (Å²) in [7, 11) is 7.55. The van der Waals surface area contributed by atoms with E-state index in [0.29, 0.717) is 48.5 Å². The monoisotopic (exact) mass is 521 g/mol. The van der Waals surface area contributed by atoms with E-state index in [1.54, 1.807) is 48.5 Å². The number of carbonyl (C=O) groups is 2. The van der Waals surface area contributed by atoms with Gasteiger partial charge in [0.15, 0.2) is 0 Å². The summed E-state index contributed by atoms with van der Waals surface area (Å²) < 4.78 is 0. The quantitative estimate of drug-likeness (QED) is 0.278. The first-order valence-electron chi connectivity index (χ1n) is 10.5. The number of rotatable bonds is 13. The molecule has 0 saturated heterocycles. The number of H-pyrrole nitrogens is 2. The number of aromatic nitrogens is 2. The third kappa shape index (κ3) is 8.42. The van der Waals surface area contributed by atoms with Crippen LogP contribution in [0.3, 0.4) is 0 Å². The highest BCUT2D eigenvalue weighted by Crippen LogP contribution is 2.22. The van der Waals surface area contributed by atoms with Crippen LogP contribution in [0.4, 0.5) is 11.4 Å². The second-order valence-corrected chi connectivity index (χ2v) is 8.52. The van der Waals surface area contributed by atoms with Crippen LogP contribution >= 0.6 is 35.6 Å². The van der Waals surface area contributed by atoms with Gasteiger partial charge in [-0.2, -0.15) is 0 Å². The van der Waals surface area contributed by atoms with E-state index in [1.807, 2.05) is 14.1 Å². The van der Waals surface area contributed by atoms with E-state index in [4.69, 9.17) is 23.2 Å². The minimum atomic E-state index is -0.270. The Morgan fingerprint density at radius 1 is 0.909 bits per heavy atom. The molecule has 0 aromatic carbocycles. The molecule has 0 saturated carbocycles. The summed E-state index contributed by atoms with van der Waals surface area (Å²) in [5.41, 5.74) is 2.15. The first kappa shape index (κ1) is 29.1. The van der Waals surface area contributed by atoms with Crippen LogP contribution < -0.4 is 10.3 Å². The number of aromatic amines is 2. The van der Waals surface area contributed by atoms with E-state index in [2.05, 4.69) is 20.2 Å². The molecule has 0 fully saturated rings. The van der Waals surface area contributed by atoms with Gasteiger partial charge in [-0.05, 0) is 39.2 Å². The molecule has 0 atom stereocenters. The molecule has 3 N–H and O–H groups in total. The third-order valence-electron chi connectivity index (χ3n) is 4.87. The lowest BCUT2D eigenvalue weighted by molar-refractivity contribution is 0.0785. The lowest BCUT2D eigenvalue weighted by Crippen LogP contribution is -2.45. The zero-order valence-corrected chi connectivity index (χ0v) is 21.9. The summed E-state index contributed by atoms with van der Waals surface area (Å²) in [4.78, 5) is 35.9. The summed E-state index contributed by atoms with van der Waals surface area (Å²) in [5.74, 6) is 0.407. The topological polar surface area (TPSA) is 90.7 Å². The van der Waals surface area contributed by atoms with Crippen molar-refractivity contribution in [3.63, 3.8) is 0 Å². The lowest BCUT2D eigenvalue weighted by Gasteiger charge is -2.30. The predicted octanol–water partition coefficient (Wildman–Crippen LogP) is 3.17. The van der Waals surface area contributed by atoms with Gasteiger partial charge in [0.05, 0.1) is 11.4 Å². The summed E-state index contributed by atoms with van der Waals surface area (Å²) >= 11 is 11.6. The van der Waals surface area contributed by atoms with Gasteiger partial charge in [-0.3, -0.25) is 9.59 Å². The molecule has 12 heteroatoms. The molecule has 2 aromatic heterocycles. The fourth-order valence-corrected chi connectivity index (χ4v) is 3.52. The molecule has 2 rings (SSSR count). The van der Waals surface area contributed by atoms with Gasteiger partial charge in [-0.25, -0.2) is 10.0 Å². The largest absolute Gasteiger partial charge is 0.383 e. The first-order chi connectivity index (χ1) is 15.3. The molecule has 0 radical (unpaired) electrons. The number of hydrogen-bond donors (Lipinski definition) is 3. The van der Waals surface area contributed by atoms with Gasteiger partial charge in [-0.15, -0.1) is 35.6 Å². The highest BCUT2D eigenvalue weighted by atomic mass is 35.5. The van der Waals surface area contributed by atoms with Crippen LogP contribution in [0.25, 0.3) is 0 Å². The van der Waals surface area contributed by atoms with Crippen molar-refractivity contribution in [2.45, 2.75) is 6.42 Å². The molecule has 0 aliphatic carbocycles. The number of amides is 2. The van der Waals surface area contributed by atoms with Crippen LogP contribution in [-0.2, 0) is 0 Å². The number of hydrazine groups is 1. The second-order valence-electron chi connectivity index (χ2n) is 7.76. The van der Waals surface area contributed by atoms with Crippen molar-refractivity contribution in [1.29, 1.82) is 0 Å². The summed E-state index contributed by atoms with van der Waals surface area (Å²) in [6, 6.07) is 3.41. The summed E-state index contributed by atoms with van der Waals surface area (Å²) in [5, 5.41) is 6.35. The molecule has 9 nitrogen and oxygen atoms in total. The lowest BCUT2D eigenvalue weighted by atomic mass is 10.3. The number of nitrogens with one attached hydrogen (secondary N) is 3. The number of anilines is 2. The average molecular weight is 523 g/mol. The summed E-state index contributed by atoms with van der Waals surface area (Å²) in [6.07, 6.45) is 4.24. The van der Waals surface area contributed by atoms with Gasteiger partial charge in [0.25, 0.3) is 11.8 Å². The van der Waals surface area contributed by atoms with E-state index in [0.717, 1.165) is 18.7 Å². The highest BCUT2D eigenvalue weighted by Gasteiger charge is 2.25. The standard InChI is InChI=1S/C21H33Cl2N7O2.ClH/c1-27(2)9-5-10-28(3)20(31)19-13-17(15-26-19)30(29(4)11-7-23)21(32)18-12-16(14-25-18)24-8-6-22;/h12-15,24-26H,5-11H2,1-4H3;1H. The van der Waals surface area contributed by atoms with Gasteiger partial charge in [0, 0.05) is 57.9 Å². The van der Waals surface area contributed by atoms with E-state index >= 15 is 0 Å². The van der Waals surface area contributed by atoms with Gasteiger partial charge in [0.2, 0.25) is 0 Å². The van der Waals surface area contributed by atoms with E-state index in [-0.39, 0.29) is 24.2 Å². The third-order valence-corrected chi connectivity index (χ3v) is 5.23.